The van der Waals surface area contributed by atoms with Gasteiger partial charge in [0, 0.05) is 24.3 Å². The molecule has 1 aromatic carbocycles. The zero-order chi connectivity index (χ0) is 36.8. The van der Waals surface area contributed by atoms with Gasteiger partial charge in [0.2, 0.25) is 5.79 Å². The van der Waals surface area contributed by atoms with E-state index in [1.165, 1.54) is 20.1 Å². The fraction of sp³-hybridized carbons (Fsp3) is 0.667. The third-order valence-electron chi connectivity index (χ3n) is 10.5. The van der Waals surface area contributed by atoms with Gasteiger partial charge in [-0.1, -0.05) is 44.2 Å². The molecule has 0 saturated carbocycles. The number of carbonyl (C=O) groups is 3. The Morgan fingerprint density at radius 2 is 1.61 bits per heavy atom. The predicted molar refractivity (Wildman–Crippen MR) is 184 cm³/mol. The molecule has 6 bridgehead atoms. The Morgan fingerprint density at radius 1 is 0.941 bits per heavy atom. The zero-order valence-electron chi connectivity index (χ0n) is 30.1. The van der Waals surface area contributed by atoms with Gasteiger partial charge in [0.05, 0.1) is 61.8 Å². The fourth-order valence-electron chi connectivity index (χ4n) is 7.58. The van der Waals surface area contributed by atoms with Crippen LogP contribution in [0.1, 0.15) is 102 Å². The number of cyclic esters (lactones) is 1. The number of rotatable bonds is 4. The Hall–Kier alpha value is -3.13. The molecule has 0 aromatic heterocycles. The maximum Gasteiger partial charge on any atom is 0.338 e. The highest BCUT2D eigenvalue weighted by atomic mass is 16.7. The lowest BCUT2D eigenvalue weighted by atomic mass is 9.74. The molecule has 282 valence electrons. The van der Waals surface area contributed by atoms with E-state index in [0.29, 0.717) is 6.42 Å². The lowest BCUT2D eigenvalue weighted by Gasteiger charge is -2.51. The minimum atomic E-state index is -2.26. The average Bonchev–Trinajstić information content (AvgIpc) is 3.08. The third-order valence-corrected chi connectivity index (χ3v) is 10.5. The van der Waals surface area contributed by atoms with Gasteiger partial charge < -0.3 is 43.7 Å². The van der Waals surface area contributed by atoms with Gasteiger partial charge in [-0.3, -0.25) is 4.79 Å². The Morgan fingerprint density at radius 3 is 2.29 bits per heavy atom. The highest BCUT2D eigenvalue weighted by Crippen LogP contribution is 2.47. The van der Waals surface area contributed by atoms with Gasteiger partial charge in [-0.2, -0.15) is 0 Å². The average molecular weight is 715 g/mol. The van der Waals surface area contributed by atoms with Crippen LogP contribution >= 0.6 is 0 Å². The van der Waals surface area contributed by atoms with Crippen molar-refractivity contribution in [2.24, 2.45) is 5.41 Å². The van der Waals surface area contributed by atoms with Gasteiger partial charge in [-0.25, -0.2) is 9.59 Å². The maximum absolute atomic E-state index is 13.5. The number of aliphatic hydroxyl groups excluding tert-OH is 2. The van der Waals surface area contributed by atoms with Crippen LogP contribution < -0.4 is 0 Å². The number of ether oxygens (including phenoxy) is 6. The Bertz CT molecular complexity index is 1410. The molecule has 3 fully saturated rings. The molecule has 0 unspecified atom stereocenters. The van der Waals surface area contributed by atoms with Crippen molar-refractivity contribution in [1.29, 1.82) is 0 Å². The Balaban J connectivity index is 1.53. The second kappa shape index (κ2) is 17.1. The first-order valence-corrected chi connectivity index (χ1v) is 18.3. The molecule has 4 heterocycles. The zero-order valence-corrected chi connectivity index (χ0v) is 30.1. The Labute approximate surface area is 300 Å². The van der Waals surface area contributed by atoms with Crippen LogP contribution in [0, 0.1) is 5.41 Å². The fourth-order valence-corrected chi connectivity index (χ4v) is 7.58. The van der Waals surface area contributed by atoms with E-state index in [2.05, 4.69) is 0 Å². The van der Waals surface area contributed by atoms with Crippen LogP contribution in [-0.2, 0) is 38.0 Å². The van der Waals surface area contributed by atoms with Crippen molar-refractivity contribution < 1.29 is 58.1 Å². The SMILES string of the molecule is COC(=O)/C=C1\C[C@H]2C[C@H]([C@@H](C)O)OC(=O)C[C@H](O)C[C@@H]3CCC[C@H](C[C@@H]4CCC[C@H](/C=C\C(C)(C)[C@](O)(O2)[C@H]1OC(=O)c1ccccc1)O4)O3. The topological polar surface area (TPSA) is 167 Å². The van der Waals surface area contributed by atoms with E-state index < -0.39 is 59.6 Å². The van der Waals surface area contributed by atoms with Gasteiger partial charge in [0.15, 0.2) is 6.10 Å². The van der Waals surface area contributed by atoms with E-state index in [1.54, 1.807) is 50.3 Å². The summed E-state index contributed by atoms with van der Waals surface area (Å²) >= 11 is 0. The van der Waals surface area contributed by atoms with Crippen molar-refractivity contribution in [3.05, 3.63) is 59.7 Å². The highest BCUT2D eigenvalue weighted by Gasteiger charge is 2.58. The molecule has 0 aliphatic carbocycles. The molecule has 0 radical (unpaired) electrons. The molecule has 4 aliphatic rings. The molecule has 10 atom stereocenters. The van der Waals surface area contributed by atoms with Crippen molar-refractivity contribution in [2.45, 2.75) is 152 Å². The van der Waals surface area contributed by atoms with Crippen LogP contribution in [0.5, 0.6) is 0 Å². The summed E-state index contributed by atoms with van der Waals surface area (Å²) in [5.41, 5.74) is -0.806. The van der Waals surface area contributed by atoms with Gasteiger partial charge in [-0.15, -0.1) is 0 Å². The number of fused-ring (bicyclic) bond motifs is 6. The van der Waals surface area contributed by atoms with Crippen molar-refractivity contribution in [1.82, 2.24) is 0 Å². The number of hydrogen-bond donors (Lipinski definition) is 3. The summed E-state index contributed by atoms with van der Waals surface area (Å²) in [6.45, 7) is 4.94. The summed E-state index contributed by atoms with van der Waals surface area (Å²) in [5, 5.41) is 34.3. The lowest BCUT2D eigenvalue weighted by Crippen LogP contribution is -2.62. The van der Waals surface area contributed by atoms with E-state index in [9.17, 15) is 29.7 Å². The van der Waals surface area contributed by atoms with Crippen LogP contribution in [0.2, 0.25) is 0 Å². The number of carbonyl (C=O) groups excluding carboxylic acids is 3. The molecular weight excluding hydrogens is 660 g/mol. The summed E-state index contributed by atoms with van der Waals surface area (Å²) in [5.74, 6) is -4.43. The molecule has 12 nitrogen and oxygen atoms in total. The van der Waals surface area contributed by atoms with Crippen molar-refractivity contribution in [3.63, 3.8) is 0 Å². The minimum Gasteiger partial charge on any atom is -0.466 e. The van der Waals surface area contributed by atoms with Crippen molar-refractivity contribution in [2.75, 3.05) is 7.11 Å². The largest absolute Gasteiger partial charge is 0.466 e. The number of hydrogen-bond acceptors (Lipinski definition) is 12. The van der Waals surface area contributed by atoms with E-state index in [0.717, 1.165) is 38.5 Å². The first-order chi connectivity index (χ1) is 24.3. The molecular formula is C39H54O12. The number of aliphatic hydroxyl groups is 3. The first kappa shape index (κ1) is 39.1. The summed E-state index contributed by atoms with van der Waals surface area (Å²) in [6, 6.07) is 8.28. The number of benzene rings is 1. The van der Waals surface area contributed by atoms with Gasteiger partial charge in [-0.05, 0) is 76.0 Å². The number of methoxy groups -OCH3 is 1. The lowest BCUT2D eigenvalue weighted by molar-refractivity contribution is -0.324. The summed E-state index contributed by atoms with van der Waals surface area (Å²) in [6.07, 6.45) is 4.50. The molecule has 3 N–H and O–H groups in total. The number of esters is 3. The minimum absolute atomic E-state index is 0.0268. The molecule has 4 aliphatic heterocycles. The molecule has 3 saturated heterocycles. The van der Waals surface area contributed by atoms with Crippen LogP contribution in [0.25, 0.3) is 0 Å². The van der Waals surface area contributed by atoms with Gasteiger partial charge in [0.1, 0.15) is 6.10 Å². The standard InChI is InChI=1S/C39H54O12/c1-24(40)33-23-32-18-26(19-34(42)46-4)36(50-37(44)25-10-6-5-7-11-25)39(45,51-32)38(2,3)17-16-28-12-8-14-30(47-28)22-31-15-9-13-29(48-31)20-27(41)21-35(43)49-33/h5-7,10-11,16-17,19,24,27-33,36,40-41,45H,8-9,12-15,18,20-23H2,1-4H3/b17-16-,26-19+/t24-,27-,28-,29+,30+,31-,32+,33-,36+,39-/m1/s1. The molecule has 0 spiro atoms. The van der Waals surface area contributed by atoms with E-state index >= 15 is 0 Å². The quantitative estimate of drug-likeness (QED) is 0.174. The highest BCUT2D eigenvalue weighted by molar-refractivity contribution is 5.90. The second-order valence-electron chi connectivity index (χ2n) is 15.0. The van der Waals surface area contributed by atoms with Crippen LogP contribution in [0.3, 0.4) is 0 Å². The van der Waals surface area contributed by atoms with E-state index in [1.807, 2.05) is 6.08 Å². The van der Waals surface area contributed by atoms with Crippen LogP contribution in [-0.4, -0.2) is 101 Å². The van der Waals surface area contributed by atoms with E-state index in [-0.39, 0.29) is 61.2 Å². The Kier molecular flexibility index (Phi) is 13.1. The second-order valence-corrected chi connectivity index (χ2v) is 15.0. The monoisotopic (exact) mass is 714 g/mol. The van der Waals surface area contributed by atoms with E-state index in [4.69, 9.17) is 28.4 Å². The molecule has 51 heavy (non-hydrogen) atoms. The molecule has 12 heteroatoms. The van der Waals surface area contributed by atoms with Crippen LogP contribution in [0.15, 0.2) is 54.1 Å². The third kappa shape index (κ3) is 10.1. The van der Waals surface area contributed by atoms with Crippen molar-refractivity contribution in [3.8, 4) is 0 Å². The summed E-state index contributed by atoms with van der Waals surface area (Å²) < 4.78 is 36.0. The molecule has 5 rings (SSSR count). The van der Waals surface area contributed by atoms with Gasteiger partial charge >= 0.3 is 17.9 Å². The first-order valence-electron chi connectivity index (χ1n) is 18.3. The normalized spacial score (nSPS) is 36.9. The summed E-state index contributed by atoms with van der Waals surface area (Å²) in [4.78, 5) is 39.3. The molecule has 1 aromatic rings. The maximum atomic E-state index is 13.5. The van der Waals surface area contributed by atoms with Crippen molar-refractivity contribution >= 4 is 17.9 Å². The van der Waals surface area contributed by atoms with Gasteiger partial charge in [0.25, 0.3) is 0 Å². The van der Waals surface area contributed by atoms with Crippen LogP contribution in [0.4, 0.5) is 0 Å². The molecule has 0 amide bonds. The summed E-state index contributed by atoms with van der Waals surface area (Å²) in [7, 11) is 1.22. The smallest absolute Gasteiger partial charge is 0.338 e. The predicted octanol–water partition coefficient (Wildman–Crippen LogP) is 4.47.